The third-order valence-corrected chi connectivity index (χ3v) is 7.26. The van der Waals surface area contributed by atoms with Crippen LogP contribution in [-0.4, -0.2) is 51.9 Å². The van der Waals surface area contributed by atoms with Crippen molar-refractivity contribution in [2.45, 2.75) is 63.8 Å². The van der Waals surface area contributed by atoms with Crippen LogP contribution in [0.25, 0.3) is 0 Å². The molecule has 5 rings (SSSR count). The fraction of sp³-hybridized carbons (Fsp3) is 0.850. The minimum absolute atomic E-state index is 0.126. The van der Waals surface area contributed by atoms with E-state index in [0.29, 0.717) is 11.8 Å². The van der Waals surface area contributed by atoms with Gasteiger partial charge in [0.25, 0.3) is 0 Å². The Morgan fingerprint density at radius 2 is 1.96 bits per heavy atom. The molecular formula is C20H30N4O2. The minimum atomic E-state index is 0.126. The molecule has 4 aliphatic rings. The molecule has 2 aliphatic carbocycles. The highest BCUT2D eigenvalue weighted by Gasteiger charge is 2.51. The summed E-state index contributed by atoms with van der Waals surface area (Å²) in [5, 5.41) is 8.81. The summed E-state index contributed by atoms with van der Waals surface area (Å²) < 4.78 is 7.96. The molecule has 1 atom stereocenters. The number of carbonyl (C=O) groups excluding carboxylic acids is 1. The lowest BCUT2D eigenvalue weighted by atomic mass is 9.71. The second kappa shape index (κ2) is 6.63. The molecule has 2 saturated carbocycles. The van der Waals surface area contributed by atoms with Gasteiger partial charge in [0, 0.05) is 50.1 Å². The van der Waals surface area contributed by atoms with Crippen LogP contribution in [0.5, 0.6) is 0 Å². The summed E-state index contributed by atoms with van der Waals surface area (Å²) in [6.07, 6.45) is 11.2. The first-order chi connectivity index (χ1) is 12.8. The predicted molar refractivity (Wildman–Crippen MR) is 96.5 cm³/mol. The van der Waals surface area contributed by atoms with E-state index >= 15 is 0 Å². The molecule has 2 aliphatic heterocycles. The van der Waals surface area contributed by atoms with Gasteiger partial charge >= 0.3 is 0 Å². The number of hydrogen-bond donors (Lipinski definition) is 0. The SMILES string of the molecule is O=C(C1CCCC1)N1CC(c2nncn2CC2CC2)C2(CCOCC2)C1. The normalized spacial score (nSPS) is 28.9. The van der Waals surface area contributed by atoms with Crippen molar-refractivity contribution in [3.05, 3.63) is 12.2 Å². The monoisotopic (exact) mass is 358 g/mol. The van der Waals surface area contributed by atoms with E-state index in [-0.39, 0.29) is 11.3 Å². The van der Waals surface area contributed by atoms with Crippen LogP contribution in [0, 0.1) is 17.3 Å². The molecular weight excluding hydrogens is 328 g/mol. The van der Waals surface area contributed by atoms with Crippen molar-refractivity contribution >= 4 is 5.91 Å². The van der Waals surface area contributed by atoms with E-state index in [0.717, 1.165) is 70.3 Å². The Bertz CT molecular complexity index is 657. The van der Waals surface area contributed by atoms with Crippen molar-refractivity contribution in [3.8, 4) is 0 Å². The van der Waals surface area contributed by atoms with Gasteiger partial charge in [-0.3, -0.25) is 4.79 Å². The number of rotatable bonds is 4. The van der Waals surface area contributed by atoms with E-state index in [9.17, 15) is 4.79 Å². The van der Waals surface area contributed by atoms with Crippen LogP contribution >= 0.6 is 0 Å². The molecule has 1 aromatic heterocycles. The molecule has 1 unspecified atom stereocenters. The Morgan fingerprint density at radius 3 is 2.69 bits per heavy atom. The highest BCUT2D eigenvalue weighted by Crippen LogP contribution is 2.50. The Balaban J connectivity index is 1.42. The maximum atomic E-state index is 13.1. The first kappa shape index (κ1) is 16.7. The van der Waals surface area contributed by atoms with Crippen molar-refractivity contribution in [2.75, 3.05) is 26.3 Å². The van der Waals surface area contributed by atoms with Crippen molar-refractivity contribution in [1.82, 2.24) is 19.7 Å². The average Bonchev–Trinajstić information content (AvgIpc) is 3.05. The van der Waals surface area contributed by atoms with Crippen molar-refractivity contribution < 1.29 is 9.53 Å². The largest absolute Gasteiger partial charge is 0.381 e. The summed E-state index contributed by atoms with van der Waals surface area (Å²) in [7, 11) is 0. The van der Waals surface area contributed by atoms with Gasteiger partial charge in [0.05, 0.1) is 0 Å². The minimum Gasteiger partial charge on any atom is -0.381 e. The summed E-state index contributed by atoms with van der Waals surface area (Å²) in [6, 6.07) is 0. The number of ether oxygens (including phenoxy) is 1. The highest BCUT2D eigenvalue weighted by molar-refractivity contribution is 5.79. The van der Waals surface area contributed by atoms with Gasteiger partial charge in [-0.1, -0.05) is 12.8 Å². The second-order valence-corrected chi connectivity index (χ2v) is 9.01. The zero-order chi connectivity index (χ0) is 17.6. The molecule has 1 aromatic rings. The molecule has 2 saturated heterocycles. The lowest BCUT2D eigenvalue weighted by Gasteiger charge is -2.37. The molecule has 0 N–H and O–H groups in total. The topological polar surface area (TPSA) is 60.2 Å². The van der Waals surface area contributed by atoms with Crippen LogP contribution < -0.4 is 0 Å². The standard InChI is InChI=1S/C20H30N4O2/c25-19(16-3-1-2-4-16)23-12-17(20(13-23)7-9-26-10-8-20)18-22-21-14-24(18)11-15-5-6-15/h14-17H,1-13H2. The quantitative estimate of drug-likeness (QED) is 0.830. The Kier molecular flexibility index (Phi) is 4.26. The van der Waals surface area contributed by atoms with E-state index in [1.54, 1.807) is 0 Å². The van der Waals surface area contributed by atoms with Crippen LogP contribution in [-0.2, 0) is 16.1 Å². The van der Waals surface area contributed by atoms with Crippen LogP contribution in [0.2, 0.25) is 0 Å². The van der Waals surface area contributed by atoms with Crippen molar-refractivity contribution in [3.63, 3.8) is 0 Å². The van der Waals surface area contributed by atoms with Crippen LogP contribution in [0.1, 0.15) is 63.1 Å². The zero-order valence-electron chi connectivity index (χ0n) is 15.6. The number of nitrogens with zero attached hydrogens (tertiary/aromatic N) is 4. The molecule has 0 aromatic carbocycles. The Morgan fingerprint density at radius 1 is 1.19 bits per heavy atom. The maximum absolute atomic E-state index is 13.1. The molecule has 6 nitrogen and oxygen atoms in total. The van der Waals surface area contributed by atoms with E-state index in [1.165, 1.54) is 25.7 Å². The predicted octanol–water partition coefficient (Wildman–Crippen LogP) is 2.60. The van der Waals surface area contributed by atoms with Crippen molar-refractivity contribution in [1.29, 1.82) is 0 Å². The molecule has 1 amide bonds. The number of carbonyl (C=O) groups is 1. The molecule has 6 heteroatoms. The van der Waals surface area contributed by atoms with E-state index in [1.807, 2.05) is 6.33 Å². The van der Waals surface area contributed by atoms with Gasteiger partial charge in [-0.15, -0.1) is 10.2 Å². The first-order valence-electron chi connectivity index (χ1n) is 10.5. The van der Waals surface area contributed by atoms with Gasteiger partial charge in [0.15, 0.2) is 0 Å². The Hall–Kier alpha value is -1.43. The number of hydrogen-bond acceptors (Lipinski definition) is 4. The number of amides is 1. The van der Waals surface area contributed by atoms with Crippen LogP contribution in [0.4, 0.5) is 0 Å². The molecule has 4 fully saturated rings. The third-order valence-electron chi connectivity index (χ3n) is 7.26. The lowest BCUT2D eigenvalue weighted by molar-refractivity contribution is -0.135. The molecule has 142 valence electrons. The fourth-order valence-corrected chi connectivity index (χ4v) is 5.46. The average molecular weight is 358 g/mol. The highest BCUT2D eigenvalue weighted by atomic mass is 16.5. The van der Waals surface area contributed by atoms with E-state index in [2.05, 4.69) is 19.7 Å². The van der Waals surface area contributed by atoms with Gasteiger partial charge in [0.1, 0.15) is 12.2 Å². The van der Waals surface area contributed by atoms with E-state index < -0.39 is 0 Å². The maximum Gasteiger partial charge on any atom is 0.225 e. The summed E-state index contributed by atoms with van der Waals surface area (Å²) >= 11 is 0. The molecule has 3 heterocycles. The zero-order valence-corrected chi connectivity index (χ0v) is 15.6. The van der Waals surface area contributed by atoms with Crippen LogP contribution in [0.3, 0.4) is 0 Å². The smallest absolute Gasteiger partial charge is 0.225 e. The first-order valence-corrected chi connectivity index (χ1v) is 10.5. The van der Waals surface area contributed by atoms with E-state index in [4.69, 9.17) is 4.74 Å². The molecule has 26 heavy (non-hydrogen) atoms. The lowest BCUT2D eigenvalue weighted by Crippen LogP contribution is -2.39. The van der Waals surface area contributed by atoms with Gasteiger partial charge in [0.2, 0.25) is 5.91 Å². The summed E-state index contributed by atoms with van der Waals surface area (Å²) in [5.74, 6) is 2.87. The summed E-state index contributed by atoms with van der Waals surface area (Å²) in [6.45, 7) is 4.35. The van der Waals surface area contributed by atoms with Gasteiger partial charge in [-0.25, -0.2) is 0 Å². The van der Waals surface area contributed by atoms with Gasteiger partial charge in [-0.05, 0) is 44.4 Å². The molecule has 0 bridgehead atoms. The van der Waals surface area contributed by atoms with Crippen molar-refractivity contribution in [2.24, 2.45) is 17.3 Å². The fourth-order valence-electron chi connectivity index (χ4n) is 5.46. The Labute approximate surface area is 155 Å². The molecule has 0 radical (unpaired) electrons. The number of aromatic nitrogens is 3. The second-order valence-electron chi connectivity index (χ2n) is 9.01. The summed E-state index contributed by atoms with van der Waals surface area (Å²) in [5.41, 5.74) is 0.126. The summed E-state index contributed by atoms with van der Waals surface area (Å²) in [4.78, 5) is 15.3. The van der Waals surface area contributed by atoms with Crippen LogP contribution in [0.15, 0.2) is 6.33 Å². The van der Waals surface area contributed by atoms with Gasteiger partial charge in [-0.2, -0.15) is 0 Å². The third kappa shape index (κ3) is 2.96. The molecule has 1 spiro atoms. The number of likely N-dealkylation sites (tertiary alicyclic amines) is 1. The van der Waals surface area contributed by atoms with Gasteiger partial charge < -0.3 is 14.2 Å².